The number of nitrogens with zero attached hydrogens (tertiary/aromatic N) is 1. The molecule has 90 valence electrons. The molecule has 0 unspecified atom stereocenters. The summed E-state index contributed by atoms with van der Waals surface area (Å²) >= 11 is 1.07. The summed E-state index contributed by atoms with van der Waals surface area (Å²) < 4.78 is 36.5. The molecule has 7 heteroatoms. The van der Waals surface area contributed by atoms with Crippen molar-refractivity contribution in [2.75, 3.05) is 19.7 Å². The van der Waals surface area contributed by atoms with Crippen LogP contribution in [-0.4, -0.2) is 41.8 Å². The summed E-state index contributed by atoms with van der Waals surface area (Å²) in [6.45, 7) is -2.16. The van der Waals surface area contributed by atoms with E-state index in [1.807, 2.05) is 0 Å². The molecule has 0 fully saturated rings. The molecule has 1 N–H and O–H groups in total. The highest BCUT2D eigenvalue weighted by atomic mass is 32.1. The van der Waals surface area contributed by atoms with Crippen molar-refractivity contribution in [3.63, 3.8) is 0 Å². The second-order valence-corrected chi connectivity index (χ2v) is 3.99. The Morgan fingerprint density at radius 1 is 1.50 bits per heavy atom. The van der Waals surface area contributed by atoms with E-state index >= 15 is 0 Å². The van der Waals surface area contributed by atoms with Crippen molar-refractivity contribution in [1.29, 1.82) is 0 Å². The van der Waals surface area contributed by atoms with Gasteiger partial charge in [0.2, 0.25) is 0 Å². The highest BCUT2D eigenvalue weighted by Gasteiger charge is 2.33. The Morgan fingerprint density at radius 2 is 2.19 bits per heavy atom. The summed E-state index contributed by atoms with van der Waals surface area (Å²) in [5.41, 5.74) is 0. The van der Waals surface area contributed by atoms with Gasteiger partial charge in [-0.05, 0) is 11.4 Å². The van der Waals surface area contributed by atoms with Gasteiger partial charge in [0.05, 0.1) is 11.5 Å². The fourth-order valence-corrected chi connectivity index (χ4v) is 1.84. The molecular formula is C9H10F3NO2S. The first-order valence-corrected chi connectivity index (χ1v) is 5.32. The Kier molecular flexibility index (Phi) is 4.31. The third kappa shape index (κ3) is 3.82. The molecule has 0 saturated carbocycles. The van der Waals surface area contributed by atoms with Crippen LogP contribution in [0.1, 0.15) is 9.67 Å². The van der Waals surface area contributed by atoms with Crippen molar-refractivity contribution in [1.82, 2.24) is 4.90 Å². The van der Waals surface area contributed by atoms with Gasteiger partial charge >= 0.3 is 6.18 Å². The summed E-state index contributed by atoms with van der Waals surface area (Å²) in [4.78, 5) is 12.4. The summed E-state index contributed by atoms with van der Waals surface area (Å²) in [7, 11) is 0. The zero-order valence-electron chi connectivity index (χ0n) is 8.20. The van der Waals surface area contributed by atoms with Gasteiger partial charge in [-0.3, -0.25) is 4.79 Å². The van der Waals surface area contributed by atoms with Gasteiger partial charge in [0.25, 0.3) is 5.91 Å². The Labute approximate surface area is 94.1 Å². The van der Waals surface area contributed by atoms with Crippen molar-refractivity contribution in [2.45, 2.75) is 6.18 Å². The highest BCUT2D eigenvalue weighted by Crippen LogP contribution is 2.19. The zero-order chi connectivity index (χ0) is 12.2. The van der Waals surface area contributed by atoms with Crippen molar-refractivity contribution in [3.05, 3.63) is 22.4 Å². The molecule has 1 heterocycles. The van der Waals surface area contributed by atoms with Crippen LogP contribution in [0.2, 0.25) is 0 Å². The molecule has 3 nitrogen and oxygen atoms in total. The lowest BCUT2D eigenvalue weighted by atomic mass is 10.3. The molecule has 0 saturated heterocycles. The first-order chi connectivity index (χ1) is 7.44. The maximum atomic E-state index is 12.2. The lowest BCUT2D eigenvalue weighted by Gasteiger charge is -2.22. The zero-order valence-corrected chi connectivity index (χ0v) is 9.01. The smallest absolute Gasteiger partial charge is 0.395 e. The van der Waals surface area contributed by atoms with Crippen LogP contribution in [0.3, 0.4) is 0 Å². The number of aliphatic hydroxyl groups excluding tert-OH is 1. The fourth-order valence-electron chi connectivity index (χ4n) is 1.15. The fraction of sp³-hybridized carbons (Fsp3) is 0.444. The average Bonchev–Trinajstić information content (AvgIpc) is 2.66. The third-order valence-electron chi connectivity index (χ3n) is 1.76. The van der Waals surface area contributed by atoms with Gasteiger partial charge in [-0.15, -0.1) is 11.3 Å². The van der Waals surface area contributed by atoms with Gasteiger partial charge in [-0.25, -0.2) is 0 Å². The van der Waals surface area contributed by atoms with Crippen molar-refractivity contribution >= 4 is 17.2 Å². The predicted molar refractivity (Wildman–Crippen MR) is 53.4 cm³/mol. The summed E-state index contributed by atoms with van der Waals surface area (Å²) in [6.07, 6.45) is -4.46. The molecule has 1 aromatic rings. The molecule has 1 aromatic heterocycles. The number of alkyl halides is 3. The Balaban J connectivity index is 2.74. The highest BCUT2D eigenvalue weighted by molar-refractivity contribution is 7.12. The molecule has 0 aliphatic carbocycles. The monoisotopic (exact) mass is 253 g/mol. The first kappa shape index (κ1) is 13.0. The number of carbonyl (C=O) groups excluding carboxylic acids is 1. The second-order valence-electron chi connectivity index (χ2n) is 3.04. The van der Waals surface area contributed by atoms with E-state index in [0.29, 0.717) is 4.90 Å². The third-order valence-corrected chi connectivity index (χ3v) is 2.62. The van der Waals surface area contributed by atoms with E-state index in [9.17, 15) is 18.0 Å². The van der Waals surface area contributed by atoms with Crippen molar-refractivity contribution < 1.29 is 23.1 Å². The van der Waals surface area contributed by atoms with E-state index in [0.717, 1.165) is 11.3 Å². The van der Waals surface area contributed by atoms with Crippen LogP contribution in [-0.2, 0) is 0 Å². The lowest BCUT2D eigenvalue weighted by molar-refractivity contribution is -0.141. The van der Waals surface area contributed by atoms with Crippen LogP contribution in [0.4, 0.5) is 13.2 Å². The number of rotatable bonds is 4. The van der Waals surface area contributed by atoms with E-state index < -0.39 is 25.2 Å². The van der Waals surface area contributed by atoms with Gasteiger partial charge in [0.15, 0.2) is 0 Å². The van der Waals surface area contributed by atoms with Gasteiger partial charge in [-0.1, -0.05) is 6.07 Å². The van der Waals surface area contributed by atoms with E-state index in [4.69, 9.17) is 5.11 Å². The number of carbonyl (C=O) groups is 1. The quantitative estimate of drug-likeness (QED) is 0.888. The van der Waals surface area contributed by atoms with Crippen LogP contribution in [0.25, 0.3) is 0 Å². The number of thiophene rings is 1. The number of hydrogen-bond acceptors (Lipinski definition) is 3. The van der Waals surface area contributed by atoms with Crippen LogP contribution in [0.5, 0.6) is 0 Å². The van der Waals surface area contributed by atoms with Crippen LogP contribution < -0.4 is 0 Å². The molecule has 0 spiro atoms. The second kappa shape index (κ2) is 5.31. The molecular weight excluding hydrogens is 243 g/mol. The molecule has 0 radical (unpaired) electrons. The van der Waals surface area contributed by atoms with E-state index in [2.05, 4.69) is 0 Å². The molecule has 1 rings (SSSR count). The van der Waals surface area contributed by atoms with Crippen LogP contribution in [0, 0.1) is 0 Å². The van der Waals surface area contributed by atoms with E-state index in [-0.39, 0.29) is 11.4 Å². The lowest BCUT2D eigenvalue weighted by Crippen LogP contribution is -2.40. The molecule has 0 aliphatic rings. The standard InChI is InChI=1S/C9H10F3NO2S/c10-9(11,12)6-13(3-4-14)8(15)7-2-1-5-16-7/h1-2,5,14H,3-4,6H2. The normalized spacial score (nSPS) is 11.5. The minimum Gasteiger partial charge on any atom is -0.395 e. The topological polar surface area (TPSA) is 40.5 Å². The summed E-state index contributed by atoms with van der Waals surface area (Å²) in [6, 6.07) is 3.04. The number of halogens is 3. The number of amides is 1. The van der Waals surface area contributed by atoms with Gasteiger partial charge in [0, 0.05) is 6.54 Å². The maximum absolute atomic E-state index is 12.2. The largest absolute Gasteiger partial charge is 0.406 e. The number of aliphatic hydroxyl groups is 1. The Bertz CT molecular complexity index is 337. The predicted octanol–water partition coefficient (Wildman–Crippen LogP) is 1.74. The molecule has 0 aliphatic heterocycles. The Hall–Kier alpha value is -1.08. The molecule has 0 aromatic carbocycles. The SMILES string of the molecule is O=C(c1cccs1)N(CCO)CC(F)(F)F. The Morgan fingerprint density at radius 3 is 2.62 bits per heavy atom. The van der Waals surface area contributed by atoms with E-state index in [1.165, 1.54) is 6.07 Å². The molecule has 16 heavy (non-hydrogen) atoms. The minimum absolute atomic E-state index is 0.234. The number of hydrogen-bond donors (Lipinski definition) is 1. The summed E-state index contributed by atoms with van der Waals surface area (Å²) in [5.74, 6) is -0.707. The summed E-state index contributed by atoms with van der Waals surface area (Å²) in [5, 5.41) is 10.2. The van der Waals surface area contributed by atoms with Gasteiger partial charge < -0.3 is 10.0 Å². The van der Waals surface area contributed by atoms with Crippen molar-refractivity contribution in [3.8, 4) is 0 Å². The molecule has 0 bridgehead atoms. The van der Waals surface area contributed by atoms with E-state index in [1.54, 1.807) is 11.4 Å². The average molecular weight is 253 g/mol. The first-order valence-electron chi connectivity index (χ1n) is 4.44. The molecule has 0 atom stereocenters. The van der Waals surface area contributed by atoms with Crippen molar-refractivity contribution in [2.24, 2.45) is 0 Å². The van der Waals surface area contributed by atoms with Gasteiger partial charge in [0.1, 0.15) is 6.54 Å². The van der Waals surface area contributed by atoms with Crippen LogP contribution in [0.15, 0.2) is 17.5 Å². The minimum atomic E-state index is -4.46. The molecule has 1 amide bonds. The maximum Gasteiger partial charge on any atom is 0.406 e. The van der Waals surface area contributed by atoms with Crippen LogP contribution >= 0.6 is 11.3 Å². The van der Waals surface area contributed by atoms with Gasteiger partial charge in [-0.2, -0.15) is 13.2 Å².